The molecule has 0 aliphatic heterocycles. The van der Waals surface area contributed by atoms with E-state index >= 15 is 0 Å². The molecule has 2 nitrogen and oxygen atoms in total. The highest BCUT2D eigenvalue weighted by atomic mass is 14.3. The molecule has 0 aromatic heterocycles. The molecule has 9 heavy (non-hydrogen) atoms. The number of nitrogens with zero attached hydrogens (tertiary/aromatic N) is 2. The van der Waals surface area contributed by atoms with E-state index in [1.165, 1.54) is 0 Å². The molecule has 0 heterocycles. The quantitative estimate of drug-likeness (QED) is 0.476. The van der Waals surface area contributed by atoms with E-state index in [4.69, 9.17) is 10.5 Å². The molecule has 0 saturated carbocycles. The van der Waals surface area contributed by atoms with Crippen LogP contribution in [0.5, 0.6) is 0 Å². The summed E-state index contributed by atoms with van der Waals surface area (Å²) in [5.74, 6) is -0.296. The van der Waals surface area contributed by atoms with E-state index in [1.54, 1.807) is 18.2 Å². The van der Waals surface area contributed by atoms with Gasteiger partial charge in [0.05, 0.1) is 23.6 Å². The van der Waals surface area contributed by atoms with Crippen LogP contribution in [0.3, 0.4) is 0 Å². The van der Waals surface area contributed by atoms with Crippen molar-refractivity contribution in [1.29, 1.82) is 10.5 Å². The Morgan fingerprint density at radius 2 is 2.22 bits per heavy atom. The maximum Gasteiger partial charge on any atom is 0.0995 e. The van der Waals surface area contributed by atoms with E-state index in [0.29, 0.717) is 5.57 Å². The van der Waals surface area contributed by atoms with Gasteiger partial charge in [0.2, 0.25) is 0 Å². The van der Waals surface area contributed by atoms with Gasteiger partial charge >= 0.3 is 0 Å². The van der Waals surface area contributed by atoms with Crippen LogP contribution in [0.25, 0.3) is 0 Å². The first kappa shape index (κ1) is 5.59. The number of nitriles is 2. The fourth-order valence-corrected chi connectivity index (χ4v) is 0.697. The van der Waals surface area contributed by atoms with E-state index in [2.05, 4.69) is 0 Å². The van der Waals surface area contributed by atoms with Crippen LogP contribution in [0, 0.1) is 28.6 Å². The third-order valence-corrected chi connectivity index (χ3v) is 1.18. The van der Waals surface area contributed by atoms with Crippen molar-refractivity contribution in [3.63, 3.8) is 0 Å². The van der Waals surface area contributed by atoms with Gasteiger partial charge in [0, 0.05) is 0 Å². The van der Waals surface area contributed by atoms with E-state index in [-0.39, 0.29) is 5.92 Å². The molecule has 1 aliphatic rings. The molecule has 1 aliphatic carbocycles. The van der Waals surface area contributed by atoms with Crippen molar-refractivity contribution < 1.29 is 0 Å². The molecular weight excluding hydrogens is 112 g/mol. The van der Waals surface area contributed by atoms with Gasteiger partial charge in [0.25, 0.3) is 0 Å². The van der Waals surface area contributed by atoms with Gasteiger partial charge < -0.3 is 0 Å². The summed E-state index contributed by atoms with van der Waals surface area (Å²) in [6, 6.07) is 3.93. The van der Waals surface area contributed by atoms with Gasteiger partial charge in [0.15, 0.2) is 0 Å². The van der Waals surface area contributed by atoms with Crippen molar-refractivity contribution in [2.75, 3.05) is 0 Å². The average Bonchev–Trinajstić information content (AvgIpc) is 2.33. The molecule has 0 fully saturated rings. The second-order valence-electron chi connectivity index (χ2n) is 1.73. The molecule has 42 valence electrons. The number of allylic oxidation sites excluding steroid dienone is 4. The van der Waals surface area contributed by atoms with Crippen LogP contribution in [-0.2, 0) is 0 Å². The highest BCUT2D eigenvalue weighted by Crippen LogP contribution is 2.16. The van der Waals surface area contributed by atoms with Crippen LogP contribution >= 0.6 is 0 Å². The first-order valence-electron chi connectivity index (χ1n) is 2.56. The van der Waals surface area contributed by atoms with Gasteiger partial charge in [-0.3, -0.25) is 0 Å². The zero-order valence-corrected chi connectivity index (χ0v) is 4.70. The molecule has 2 heteroatoms. The number of hydrogen-bond acceptors (Lipinski definition) is 2. The molecule has 0 aromatic rings. The van der Waals surface area contributed by atoms with Crippen LogP contribution in [0.1, 0.15) is 0 Å². The highest BCUT2D eigenvalue weighted by molar-refractivity contribution is 5.41. The Morgan fingerprint density at radius 1 is 1.44 bits per heavy atom. The van der Waals surface area contributed by atoms with E-state index in [0.717, 1.165) is 0 Å². The van der Waals surface area contributed by atoms with Gasteiger partial charge in [-0.2, -0.15) is 10.5 Å². The SMILES string of the molecule is N#CC1=CC=CC1C#N. The maximum absolute atomic E-state index is 8.37. The minimum Gasteiger partial charge on any atom is -0.197 e. The summed E-state index contributed by atoms with van der Waals surface area (Å²) in [6.45, 7) is 0. The summed E-state index contributed by atoms with van der Waals surface area (Å²) < 4.78 is 0. The lowest BCUT2D eigenvalue weighted by Gasteiger charge is -1.90. The van der Waals surface area contributed by atoms with Crippen molar-refractivity contribution in [1.82, 2.24) is 0 Å². The normalized spacial score (nSPS) is 22.4. The first-order chi connectivity index (χ1) is 4.38. The van der Waals surface area contributed by atoms with E-state index in [9.17, 15) is 0 Å². The monoisotopic (exact) mass is 116 g/mol. The Balaban J connectivity index is 2.84. The molecule has 0 bridgehead atoms. The summed E-state index contributed by atoms with van der Waals surface area (Å²) in [5, 5.41) is 16.7. The third-order valence-electron chi connectivity index (χ3n) is 1.18. The van der Waals surface area contributed by atoms with Gasteiger partial charge in [-0.25, -0.2) is 0 Å². The maximum atomic E-state index is 8.37. The predicted molar refractivity (Wildman–Crippen MR) is 31.9 cm³/mol. The molecule has 0 amide bonds. The molecule has 1 rings (SSSR count). The minimum absolute atomic E-state index is 0.296. The lowest BCUT2D eigenvalue weighted by atomic mass is 10.1. The minimum atomic E-state index is -0.296. The van der Waals surface area contributed by atoms with Crippen molar-refractivity contribution in [3.8, 4) is 12.1 Å². The zero-order valence-electron chi connectivity index (χ0n) is 4.70. The highest BCUT2D eigenvalue weighted by Gasteiger charge is 2.11. The number of rotatable bonds is 0. The Kier molecular flexibility index (Phi) is 1.34. The van der Waals surface area contributed by atoms with Gasteiger partial charge in [-0.05, 0) is 6.08 Å². The Morgan fingerprint density at radius 3 is 2.67 bits per heavy atom. The molecule has 0 aromatic carbocycles. The fraction of sp³-hybridized carbons (Fsp3) is 0.143. The largest absolute Gasteiger partial charge is 0.197 e. The van der Waals surface area contributed by atoms with Crippen molar-refractivity contribution in [3.05, 3.63) is 23.8 Å². The average molecular weight is 116 g/mol. The topological polar surface area (TPSA) is 47.6 Å². The first-order valence-corrected chi connectivity index (χ1v) is 2.56. The summed E-state index contributed by atoms with van der Waals surface area (Å²) in [5.41, 5.74) is 0.539. The van der Waals surface area contributed by atoms with Crippen LogP contribution in [0.15, 0.2) is 23.8 Å². The molecule has 1 unspecified atom stereocenters. The summed E-state index contributed by atoms with van der Waals surface area (Å²) >= 11 is 0. The Labute approximate surface area is 53.3 Å². The summed E-state index contributed by atoms with van der Waals surface area (Å²) in [7, 11) is 0. The standard InChI is InChI=1S/C7H4N2/c8-4-6-2-1-3-7(6)5-9/h1-3,6H. The van der Waals surface area contributed by atoms with Gasteiger partial charge in [-0.1, -0.05) is 12.2 Å². The second-order valence-corrected chi connectivity index (χ2v) is 1.73. The Bertz CT molecular complexity index is 247. The van der Waals surface area contributed by atoms with Crippen LogP contribution < -0.4 is 0 Å². The van der Waals surface area contributed by atoms with Crippen LogP contribution in [-0.4, -0.2) is 0 Å². The van der Waals surface area contributed by atoms with Crippen LogP contribution in [0.4, 0.5) is 0 Å². The van der Waals surface area contributed by atoms with E-state index in [1.807, 2.05) is 12.1 Å². The third kappa shape index (κ3) is 0.828. The molecule has 0 radical (unpaired) electrons. The molecule has 1 atom stereocenters. The van der Waals surface area contributed by atoms with Gasteiger partial charge in [0.1, 0.15) is 0 Å². The summed E-state index contributed by atoms with van der Waals surface area (Å²) in [6.07, 6.45) is 5.10. The lowest BCUT2D eigenvalue weighted by Crippen LogP contribution is -1.89. The smallest absolute Gasteiger partial charge is 0.0995 e. The lowest BCUT2D eigenvalue weighted by molar-refractivity contribution is 1.05. The molecule has 0 N–H and O–H groups in total. The van der Waals surface area contributed by atoms with Crippen molar-refractivity contribution in [2.45, 2.75) is 0 Å². The fourth-order valence-electron chi connectivity index (χ4n) is 0.697. The van der Waals surface area contributed by atoms with Crippen molar-refractivity contribution >= 4 is 0 Å². The Hall–Kier alpha value is -1.54. The van der Waals surface area contributed by atoms with Gasteiger partial charge in [-0.15, -0.1) is 0 Å². The molecular formula is C7H4N2. The number of hydrogen-bond donors (Lipinski definition) is 0. The zero-order chi connectivity index (χ0) is 6.69. The summed E-state index contributed by atoms with van der Waals surface area (Å²) in [4.78, 5) is 0. The molecule has 0 spiro atoms. The van der Waals surface area contributed by atoms with E-state index < -0.39 is 0 Å². The predicted octanol–water partition coefficient (Wildman–Crippen LogP) is 1.15. The second kappa shape index (κ2) is 2.15. The van der Waals surface area contributed by atoms with Crippen LogP contribution in [0.2, 0.25) is 0 Å². The van der Waals surface area contributed by atoms with Crippen molar-refractivity contribution in [2.24, 2.45) is 5.92 Å². The molecule has 0 saturated heterocycles.